The molecule has 0 saturated carbocycles. The van der Waals surface area contributed by atoms with E-state index in [2.05, 4.69) is 27.8 Å². The lowest BCUT2D eigenvalue weighted by Gasteiger charge is -2.34. The first-order valence-corrected chi connectivity index (χ1v) is 6.52. The predicted molar refractivity (Wildman–Crippen MR) is 65.5 cm³/mol. The second kappa shape index (κ2) is 10.9. The van der Waals surface area contributed by atoms with Crippen LogP contribution in [0.4, 0.5) is 0 Å². The van der Waals surface area contributed by atoms with Crippen LogP contribution in [0.2, 0.25) is 0 Å². The summed E-state index contributed by atoms with van der Waals surface area (Å²) in [6.07, 6.45) is 8.20. The van der Waals surface area contributed by atoms with Crippen molar-refractivity contribution in [2.45, 2.75) is 59.3 Å². The van der Waals surface area contributed by atoms with Crippen molar-refractivity contribution in [2.75, 3.05) is 26.7 Å². The van der Waals surface area contributed by atoms with Gasteiger partial charge in [-0.1, -0.05) is 40.0 Å². The highest BCUT2D eigenvalue weighted by atomic mass is 79.9. The average molecular weight is 280 g/mol. The molecular formula is C13H30BrN. The molecule has 0 atom stereocenters. The summed E-state index contributed by atoms with van der Waals surface area (Å²) in [7, 11) is 2.45. The molecule has 0 rings (SSSR count). The van der Waals surface area contributed by atoms with E-state index in [1.54, 1.807) is 0 Å². The lowest BCUT2D eigenvalue weighted by molar-refractivity contribution is -0.910. The van der Waals surface area contributed by atoms with Crippen molar-refractivity contribution in [3.63, 3.8) is 0 Å². The number of hydrogen-bond acceptors (Lipinski definition) is 0. The summed E-state index contributed by atoms with van der Waals surface area (Å²) in [5.41, 5.74) is 0. The molecule has 0 fully saturated rings. The van der Waals surface area contributed by atoms with E-state index in [0.717, 1.165) is 0 Å². The van der Waals surface area contributed by atoms with E-state index in [1.165, 1.54) is 62.6 Å². The fourth-order valence-corrected chi connectivity index (χ4v) is 1.95. The summed E-state index contributed by atoms with van der Waals surface area (Å²) in [6.45, 7) is 11.0. The molecule has 0 spiro atoms. The van der Waals surface area contributed by atoms with Crippen LogP contribution in [0.15, 0.2) is 0 Å². The average Bonchev–Trinajstić information content (AvgIpc) is 2.21. The van der Waals surface area contributed by atoms with Crippen LogP contribution in [-0.4, -0.2) is 31.2 Å². The highest BCUT2D eigenvalue weighted by Crippen LogP contribution is 2.10. The highest BCUT2D eigenvalue weighted by molar-refractivity contribution is 4.43. The Hall–Kier alpha value is 0.440. The second-order valence-corrected chi connectivity index (χ2v) is 4.85. The summed E-state index contributed by atoms with van der Waals surface area (Å²) < 4.78 is 1.32. The minimum absolute atomic E-state index is 0. The van der Waals surface area contributed by atoms with Crippen molar-refractivity contribution in [1.82, 2.24) is 0 Å². The number of hydrogen-bond donors (Lipinski definition) is 0. The van der Waals surface area contributed by atoms with Crippen LogP contribution in [0.5, 0.6) is 0 Å². The molecule has 0 heterocycles. The van der Waals surface area contributed by atoms with E-state index < -0.39 is 0 Å². The van der Waals surface area contributed by atoms with Gasteiger partial charge in [-0.25, -0.2) is 0 Å². The van der Waals surface area contributed by atoms with Crippen molar-refractivity contribution in [2.24, 2.45) is 0 Å². The van der Waals surface area contributed by atoms with Gasteiger partial charge in [-0.2, -0.15) is 0 Å². The third-order valence-electron chi connectivity index (χ3n) is 3.15. The third-order valence-corrected chi connectivity index (χ3v) is 3.15. The van der Waals surface area contributed by atoms with E-state index in [9.17, 15) is 0 Å². The second-order valence-electron chi connectivity index (χ2n) is 4.85. The van der Waals surface area contributed by atoms with Gasteiger partial charge in [-0.15, -0.1) is 0 Å². The Morgan fingerprint density at radius 3 is 1.13 bits per heavy atom. The maximum atomic E-state index is 2.45. The van der Waals surface area contributed by atoms with Crippen LogP contribution in [-0.2, 0) is 0 Å². The molecule has 0 aromatic heterocycles. The monoisotopic (exact) mass is 279 g/mol. The van der Waals surface area contributed by atoms with Crippen molar-refractivity contribution >= 4 is 0 Å². The Balaban J connectivity index is 0. The summed E-state index contributed by atoms with van der Waals surface area (Å²) in [6, 6.07) is 0. The highest BCUT2D eigenvalue weighted by Gasteiger charge is 2.18. The first kappa shape index (κ1) is 17.8. The van der Waals surface area contributed by atoms with E-state index in [4.69, 9.17) is 0 Å². The van der Waals surface area contributed by atoms with Crippen molar-refractivity contribution in [3.8, 4) is 0 Å². The molecule has 0 saturated heterocycles. The van der Waals surface area contributed by atoms with Gasteiger partial charge in [0, 0.05) is 0 Å². The summed E-state index contributed by atoms with van der Waals surface area (Å²) in [4.78, 5) is 0. The molecule has 0 radical (unpaired) electrons. The van der Waals surface area contributed by atoms with Gasteiger partial charge in [-0.3, -0.25) is 0 Å². The van der Waals surface area contributed by atoms with Gasteiger partial charge in [0.15, 0.2) is 0 Å². The third kappa shape index (κ3) is 9.37. The van der Waals surface area contributed by atoms with E-state index in [-0.39, 0.29) is 17.0 Å². The van der Waals surface area contributed by atoms with Crippen molar-refractivity contribution in [3.05, 3.63) is 0 Å². The minimum Gasteiger partial charge on any atom is -1.00 e. The zero-order chi connectivity index (χ0) is 10.9. The molecule has 0 aliphatic carbocycles. The molecule has 2 heteroatoms. The molecule has 15 heavy (non-hydrogen) atoms. The Bertz CT molecular complexity index is 104. The van der Waals surface area contributed by atoms with E-state index in [1.807, 2.05) is 0 Å². The molecule has 0 N–H and O–H groups in total. The number of halogens is 1. The largest absolute Gasteiger partial charge is 1.00 e. The zero-order valence-corrected chi connectivity index (χ0v) is 12.8. The lowest BCUT2D eigenvalue weighted by atomic mass is 10.2. The summed E-state index contributed by atoms with van der Waals surface area (Å²) in [5, 5.41) is 0. The number of rotatable bonds is 9. The van der Waals surface area contributed by atoms with Gasteiger partial charge in [0.1, 0.15) is 0 Å². The molecule has 94 valence electrons. The summed E-state index contributed by atoms with van der Waals surface area (Å²) >= 11 is 0. The summed E-state index contributed by atoms with van der Waals surface area (Å²) in [5.74, 6) is 0. The van der Waals surface area contributed by atoms with Crippen LogP contribution < -0.4 is 17.0 Å². The Morgan fingerprint density at radius 1 is 0.667 bits per heavy atom. The first-order chi connectivity index (χ1) is 6.68. The van der Waals surface area contributed by atoms with Crippen LogP contribution in [0, 0.1) is 0 Å². The Morgan fingerprint density at radius 2 is 0.933 bits per heavy atom. The van der Waals surface area contributed by atoms with Crippen LogP contribution in [0.1, 0.15) is 59.3 Å². The molecule has 0 aliphatic rings. The molecular weight excluding hydrogens is 250 g/mol. The van der Waals surface area contributed by atoms with Crippen LogP contribution >= 0.6 is 0 Å². The quantitative estimate of drug-likeness (QED) is 0.549. The Kier molecular flexibility index (Phi) is 13.0. The molecule has 1 nitrogen and oxygen atoms in total. The molecule has 0 unspecified atom stereocenters. The maximum Gasteiger partial charge on any atom is 0.0784 e. The minimum atomic E-state index is 0. The maximum absolute atomic E-state index is 2.45. The van der Waals surface area contributed by atoms with E-state index in [0.29, 0.717) is 0 Å². The number of nitrogens with zero attached hydrogens (tertiary/aromatic N) is 1. The number of quaternary nitrogens is 1. The smallest absolute Gasteiger partial charge is 0.0784 e. The fraction of sp³-hybridized carbons (Fsp3) is 1.00. The van der Waals surface area contributed by atoms with Gasteiger partial charge >= 0.3 is 0 Å². The zero-order valence-electron chi connectivity index (χ0n) is 11.2. The van der Waals surface area contributed by atoms with Gasteiger partial charge < -0.3 is 21.5 Å². The standard InChI is InChI=1S/C13H30N.BrH/c1-5-8-11-14(4,12-9-6-2)13-10-7-3;/h5-13H2,1-4H3;1H/q+1;/p-1. The first-order valence-electron chi connectivity index (χ1n) is 6.52. The predicted octanol–water partition coefficient (Wildman–Crippen LogP) is 0.837. The van der Waals surface area contributed by atoms with Gasteiger partial charge in [-0.05, 0) is 19.3 Å². The van der Waals surface area contributed by atoms with Gasteiger partial charge in [0.25, 0.3) is 0 Å². The topological polar surface area (TPSA) is 0 Å². The lowest BCUT2D eigenvalue weighted by Crippen LogP contribution is -3.00. The Labute approximate surface area is 108 Å². The van der Waals surface area contributed by atoms with Gasteiger partial charge in [0.2, 0.25) is 0 Å². The van der Waals surface area contributed by atoms with Crippen molar-refractivity contribution in [1.29, 1.82) is 0 Å². The van der Waals surface area contributed by atoms with Crippen LogP contribution in [0.3, 0.4) is 0 Å². The molecule has 0 aromatic rings. The SMILES string of the molecule is CCCC[N+](C)(CCCC)CCCC.[Br-]. The van der Waals surface area contributed by atoms with Crippen molar-refractivity contribution < 1.29 is 21.5 Å². The molecule has 0 aliphatic heterocycles. The molecule has 0 amide bonds. The van der Waals surface area contributed by atoms with Crippen LogP contribution in [0.25, 0.3) is 0 Å². The fourth-order valence-electron chi connectivity index (χ4n) is 1.95. The number of unbranched alkanes of at least 4 members (excludes halogenated alkanes) is 3. The normalized spacial score (nSPS) is 11.2. The van der Waals surface area contributed by atoms with Gasteiger partial charge in [0.05, 0.1) is 26.7 Å². The van der Waals surface area contributed by atoms with E-state index >= 15 is 0 Å². The molecule has 0 bridgehead atoms. The molecule has 0 aromatic carbocycles.